The fourth-order valence-corrected chi connectivity index (χ4v) is 1.81. The molecule has 0 spiro atoms. The molecular weight excluding hydrogens is 273 g/mol. The molecule has 2 heterocycles. The summed E-state index contributed by atoms with van der Waals surface area (Å²) in [6.45, 7) is 0. The van der Waals surface area contributed by atoms with E-state index in [0.717, 1.165) is 0 Å². The molecule has 0 fully saturated rings. The van der Waals surface area contributed by atoms with Crippen LogP contribution in [-0.4, -0.2) is 15.6 Å². The highest BCUT2D eigenvalue weighted by molar-refractivity contribution is 9.10. The smallest absolute Gasteiger partial charge is 0.303 e. The van der Waals surface area contributed by atoms with Crippen LogP contribution in [0.3, 0.4) is 0 Å². The lowest BCUT2D eigenvalue weighted by Gasteiger charge is -2.05. The minimum absolute atomic E-state index is 0.138. The Morgan fingerprint density at radius 1 is 1.40 bits per heavy atom. The molecule has 0 saturated heterocycles. The molecular formula is C9H6BrF3N2. The fraction of sp³-hybridized carbons (Fsp3) is 0.222. The maximum atomic E-state index is 12.2. The number of imidazole rings is 1. The second-order valence-corrected chi connectivity index (χ2v) is 3.95. The van der Waals surface area contributed by atoms with Crippen LogP contribution in [0.15, 0.2) is 29.0 Å². The van der Waals surface area contributed by atoms with Gasteiger partial charge in [-0.2, -0.15) is 13.2 Å². The Bertz CT molecular complexity index is 490. The molecule has 6 heteroatoms. The molecule has 0 saturated carbocycles. The van der Waals surface area contributed by atoms with Crippen molar-refractivity contribution in [1.29, 1.82) is 0 Å². The average molecular weight is 279 g/mol. The number of rotatable bonds is 1. The quantitative estimate of drug-likeness (QED) is 0.783. The van der Waals surface area contributed by atoms with Gasteiger partial charge in [0.25, 0.3) is 0 Å². The van der Waals surface area contributed by atoms with E-state index >= 15 is 0 Å². The van der Waals surface area contributed by atoms with E-state index in [4.69, 9.17) is 0 Å². The van der Waals surface area contributed by atoms with Gasteiger partial charge in [-0.1, -0.05) is 0 Å². The first-order valence-electron chi connectivity index (χ1n) is 4.14. The van der Waals surface area contributed by atoms with Crippen LogP contribution in [-0.2, 0) is 6.42 Å². The van der Waals surface area contributed by atoms with Crippen LogP contribution in [0, 0.1) is 0 Å². The monoisotopic (exact) mass is 278 g/mol. The molecule has 2 rings (SSSR count). The third kappa shape index (κ3) is 2.14. The normalized spacial score (nSPS) is 12.3. The predicted molar refractivity (Wildman–Crippen MR) is 52.7 cm³/mol. The zero-order chi connectivity index (χ0) is 11.1. The van der Waals surface area contributed by atoms with Crippen molar-refractivity contribution in [2.45, 2.75) is 12.6 Å². The Kier molecular flexibility index (Phi) is 2.46. The predicted octanol–water partition coefficient (Wildman–Crippen LogP) is 3.20. The Hall–Kier alpha value is -1.04. The number of fused-ring (bicyclic) bond motifs is 1. The van der Waals surface area contributed by atoms with Gasteiger partial charge in [0.15, 0.2) is 5.65 Å². The van der Waals surface area contributed by atoms with E-state index in [1.54, 1.807) is 18.3 Å². The van der Waals surface area contributed by atoms with Gasteiger partial charge in [0.2, 0.25) is 0 Å². The molecule has 0 aliphatic rings. The molecule has 0 atom stereocenters. The zero-order valence-corrected chi connectivity index (χ0v) is 9.01. The molecule has 2 aromatic heterocycles. The molecule has 0 aliphatic carbocycles. The van der Waals surface area contributed by atoms with Gasteiger partial charge in [0, 0.05) is 12.4 Å². The van der Waals surface area contributed by atoms with E-state index in [-0.39, 0.29) is 5.69 Å². The van der Waals surface area contributed by atoms with Crippen molar-refractivity contribution in [3.8, 4) is 0 Å². The summed E-state index contributed by atoms with van der Waals surface area (Å²) in [7, 11) is 0. The van der Waals surface area contributed by atoms with E-state index in [1.165, 1.54) is 10.6 Å². The van der Waals surface area contributed by atoms with Crippen molar-refractivity contribution in [2.24, 2.45) is 0 Å². The summed E-state index contributed by atoms with van der Waals surface area (Å²) < 4.78 is 38.7. The van der Waals surface area contributed by atoms with Crippen molar-refractivity contribution in [1.82, 2.24) is 9.38 Å². The first kappa shape index (κ1) is 10.5. The van der Waals surface area contributed by atoms with Crippen LogP contribution in [0.4, 0.5) is 13.2 Å². The van der Waals surface area contributed by atoms with Crippen LogP contribution in [0.25, 0.3) is 5.65 Å². The second-order valence-electron chi connectivity index (χ2n) is 3.09. The maximum absolute atomic E-state index is 12.2. The van der Waals surface area contributed by atoms with Gasteiger partial charge in [-0.3, -0.25) is 0 Å². The third-order valence-corrected chi connectivity index (χ3v) is 2.57. The Morgan fingerprint density at radius 2 is 2.13 bits per heavy atom. The van der Waals surface area contributed by atoms with Crippen LogP contribution >= 0.6 is 15.9 Å². The van der Waals surface area contributed by atoms with E-state index in [1.807, 2.05) is 0 Å². The van der Waals surface area contributed by atoms with E-state index in [2.05, 4.69) is 20.9 Å². The van der Waals surface area contributed by atoms with Crippen molar-refractivity contribution >= 4 is 21.6 Å². The lowest BCUT2D eigenvalue weighted by atomic mass is 10.3. The third-order valence-electron chi connectivity index (χ3n) is 1.95. The van der Waals surface area contributed by atoms with Crippen molar-refractivity contribution in [3.05, 3.63) is 34.7 Å². The minimum atomic E-state index is -4.21. The van der Waals surface area contributed by atoms with Gasteiger partial charge in [-0.15, -0.1) is 0 Å². The molecule has 0 unspecified atom stereocenters. The molecule has 0 amide bonds. The van der Waals surface area contributed by atoms with Gasteiger partial charge in [-0.05, 0) is 28.1 Å². The topological polar surface area (TPSA) is 17.3 Å². The molecule has 0 radical (unpaired) electrons. The molecule has 0 N–H and O–H groups in total. The van der Waals surface area contributed by atoms with Gasteiger partial charge < -0.3 is 4.40 Å². The summed E-state index contributed by atoms with van der Waals surface area (Å²) in [4.78, 5) is 3.92. The largest absolute Gasteiger partial charge is 0.394 e. The number of alkyl halides is 3. The van der Waals surface area contributed by atoms with Gasteiger partial charge >= 0.3 is 6.18 Å². The summed E-state index contributed by atoms with van der Waals surface area (Å²) in [5.74, 6) is 0. The molecule has 2 nitrogen and oxygen atoms in total. The van der Waals surface area contributed by atoms with Gasteiger partial charge in [0.05, 0.1) is 16.6 Å². The standard InChI is InChI=1S/C9H6BrF3N2/c10-7-2-1-3-15-6(4-9(11,12)13)5-14-8(7)15/h1-3,5H,4H2. The van der Waals surface area contributed by atoms with Crippen LogP contribution in [0.2, 0.25) is 0 Å². The SMILES string of the molecule is FC(F)(F)Cc1cnc2c(Br)cccn12. The van der Waals surface area contributed by atoms with Gasteiger partial charge in [0.1, 0.15) is 0 Å². The van der Waals surface area contributed by atoms with Crippen molar-refractivity contribution in [2.75, 3.05) is 0 Å². The highest BCUT2D eigenvalue weighted by Gasteiger charge is 2.29. The summed E-state index contributed by atoms with van der Waals surface area (Å²) in [6.07, 6.45) is -2.37. The first-order chi connectivity index (χ1) is 6.97. The van der Waals surface area contributed by atoms with Crippen LogP contribution in [0.1, 0.15) is 5.69 Å². The number of aromatic nitrogens is 2. The number of nitrogens with zero attached hydrogens (tertiary/aromatic N) is 2. The van der Waals surface area contributed by atoms with Crippen LogP contribution < -0.4 is 0 Å². The summed E-state index contributed by atoms with van der Waals surface area (Å²) >= 11 is 3.23. The molecule has 0 aliphatic heterocycles. The molecule has 0 aromatic carbocycles. The zero-order valence-electron chi connectivity index (χ0n) is 7.42. The first-order valence-corrected chi connectivity index (χ1v) is 4.94. The summed E-state index contributed by atoms with van der Waals surface area (Å²) in [5.41, 5.74) is 0.635. The second kappa shape index (κ2) is 3.52. The van der Waals surface area contributed by atoms with Crippen molar-refractivity contribution < 1.29 is 13.2 Å². The fourth-order valence-electron chi connectivity index (χ4n) is 1.36. The Morgan fingerprint density at radius 3 is 2.80 bits per heavy atom. The van der Waals surface area contributed by atoms with Gasteiger partial charge in [-0.25, -0.2) is 4.98 Å². The minimum Gasteiger partial charge on any atom is -0.303 e. The summed E-state index contributed by atoms with van der Waals surface area (Å²) in [6, 6.07) is 3.40. The Balaban J connectivity index is 2.50. The van der Waals surface area contributed by atoms with E-state index in [9.17, 15) is 13.2 Å². The van der Waals surface area contributed by atoms with E-state index in [0.29, 0.717) is 10.1 Å². The molecule has 2 aromatic rings. The number of hydrogen-bond acceptors (Lipinski definition) is 1. The number of pyridine rings is 1. The average Bonchev–Trinajstić information content (AvgIpc) is 2.48. The highest BCUT2D eigenvalue weighted by atomic mass is 79.9. The molecule has 80 valence electrons. The Labute approximate surface area is 91.9 Å². The van der Waals surface area contributed by atoms with Crippen LogP contribution in [0.5, 0.6) is 0 Å². The lowest BCUT2D eigenvalue weighted by Crippen LogP contribution is -2.13. The summed E-state index contributed by atoms with van der Waals surface area (Å²) in [5, 5.41) is 0. The van der Waals surface area contributed by atoms with Crippen molar-refractivity contribution in [3.63, 3.8) is 0 Å². The number of hydrogen-bond donors (Lipinski definition) is 0. The van der Waals surface area contributed by atoms with E-state index < -0.39 is 12.6 Å². The number of halogens is 4. The highest BCUT2D eigenvalue weighted by Crippen LogP contribution is 2.24. The lowest BCUT2D eigenvalue weighted by molar-refractivity contribution is -0.127. The maximum Gasteiger partial charge on any atom is 0.394 e. The molecule has 15 heavy (non-hydrogen) atoms. The molecule has 0 bridgehead atoms.